The molecule has 0 spiro atoms. The second-order valence-corrected chi connectivity index (χ2v) is 5.72. The van der Waals surface area contributed by atoms with Crippen LogP contribution >= 0.6 is 15.9 Å². The highest BCUT2D eigenvalue weighted by atomic mass is 79.9. The van der Waals surface area contributed by atoms with E-state index in [4.69, 9.17) is 0 Å². The maximum Gasteiger partial charge on any atom is 0.257 e. The van der Waals surface area contributed by atoms with E-state index >= 15 is 0 Å². The van der Waals surface area contributed by atoms with Crippen molar-refractivity contribution < 1.29 is 9.18 Å². The van der Waals surface area contributed by atoms with Crippen LogP contribution in [0.2, 0.25) is 0 Å². The number of halogens is 2. The lowest BCUT2D eigenvalue weighted by Crippen LogP contribution is -2.12. The summed E-state index contributed by atoms with van der Waals surface area (Å²) >= 11 is 3.38. The van der Waals surface area contributed by atoms with Gasteiger partial charge in [0, 0.05) is 27.3 Å². The number of aromatic nitrogens is 1. The Morgan fingerprint density at radius 1 is 1.24 bits per heavy atom. The number of carbonyl (C=O) groups excluding carboxylic acids is 1. The normalized spacial score (nSPS) is 10.8. The van der Waals surface area contributed by atoms with Crippen LogP contribution in [0.4, 0.5) is 10.1 Å². The van der Waals surface area contributed by atoms with E-state index < -0.39 is 0 Å². The molecular weight excluding hydrogens is 335 g/mol. The number of fused-ring (bicyclic) bond motifs is 1. The quantitative estimate of drug-likeness (QED) is 0.698. The fourth-order valence-corrected chi connectivity index (χ4v) is 2.71. The Labute approximate surface area is 129 Å². The van der Waals surface area contributed by atoms with Crippen molar-refractivity contribution in [1.82, 2.24) is 4.98 Å². The third-order valence-electron chi connectivity index (χ3n) is 3.33. The molecule has 0 aliphatic carbocycles. The van der Waals surface area contributed by atoms with Crippen molar-refractivity contribution in [3.8, 4) is 0 Å². The number of hydrogen-bond donors (Lipinski definition) is 2. The van der Waals surface area contributed by atoms with Gasteiger partial charge >= 0.3 is 0 Å². The number of amides is 1. The third kappa shape index (κ3) is 2.69. The van der Waals surface area contributed by atoms with Crippen LogP contribution in [0.25, 0.3) is 10.9 Å². The average molecular weight is 347 g/mol. The zero-order valence-corrected chi connectivity index (χ0v) is 12.8. The Morgan fingerprint density at radius 3 is 2.81 bits per heavy atom. The molecule has 106 valence electrons. The van der Waals surface area contributed by atoms with Gasteiger partial charge in [0.2, 0.25) is 0 Å². The van der Waals surface area contributed by atoms with Gasteiger partial charge in [-0.15, -0.1) is 0 Å². The molecule has 3 aromatic rings. The van der Waals surface area contributed by atoms with Crippen LogP contribution in [-0.2, 0) is 0 Å². The molecule has 0 atom stereocenters. The molecule has 3 rings (SSSR count). The minimum atomic E-state index is -0.365. The molecule has 1 amide bonds. The first-order valence-corrected chi connectivity index (χ1v) is 7.18. The summed E-state index contributed by atoms with van der Waals surface area (Å²) in [5.74, 6) is -0.631. The Kier molecular flexibility index (Phi) is 3.51. The Hall–Kier alpha value is -2.14. The minimum absolute atomic E-state index is 0.266. The van der Waals surface area contributed by atoms with E-state index in [9.17, 15) is 9.18 Å². The van der Waals surface area contributed by atoms with Crippen LogP contribution in [0.5, 0.6) is 0 Å². The Morgan fingerprint density at radius 2 is 2.05 bits per heavy atom. The van der Waals surface area contributed by atoms with E-state index in [-0.39, 0.29) is 11.7 Å². The maximum absolute atomic E-state index is 13.3. The molecule has 0 saturated carbocycles. The zero-order chi connectivity index (χ0) is 15.0. The first-order valence-electron chi connectivity index (χ1n) is 6.39. The SMILES string of the molecule is Cc1cc(Br)ccc1NC(=O)c1c[nH]c2ccc(F)cc12. The summed E-state index contributed by atoms with van der Waals surface area (Å²) in [7, 11) is 0. The lowest BCUT2D eigenvalue weighted by molar-refractivity contribution is 0.102. The number of nitrogens with one attached hydrogen (secondary N) is 2. The van der Waals surface area contributed by atoms with Gasteiger partial charge in [0.15, 0.2) is 0 Å². The number of aryl methyl sites for hydroxylation is 1. The van der Waals surface area contributed by atoms with Crippen molar-refractivity contribution in [1.29, 1.82) is 0 Å². The van der Waals surface area contributed by atoms with E-state index in [0.717, 1.165) is 21.2 Å². The molecule has 0 unspecified atom stereocenters. The molecule has 2 N–H and O–H groups in total. The molecule has 2 aromatic carbocycles. The van der Waals surface area contributed by atoms with Crippen LogP contribution in [-0.4, -0.2) is 10.9 Å². The standard InChI is InChI=1S/C16H12BrFN2O/c1-9-6-10(17)2-4-14(9)20-16(21)13-8-19-15-5-3-11(18)7-12(13)15/h2-8,19H,1H3,(H,20,21). The number of H-pyrrole nitrogens is 1. The average Bonchev–Trinajstić information content (AvgIpc) is 2.85. The van der Waals surface area contributed by atoms with Gasteiger partial charge in [-0.1, -0.05) is 15.9 Å². The number of aromatic amines is 1. The minimum Gasteiger partial charge on any atom is -0.360 e. The first-order chi connectivity index (χ1) is 10.0. The van der Waals surface area contributed by atoms with Gasteiger partial charge in [-0.3, -0.25) is 4.79 Å². The highest BCUT2D eigenvalue weighted by Crippen LogP contribution is 2.23. The van der Waals surface area contributed by atoms with E-state index in [0.29, 0.717) is 10.9 Å². The van der Waals surface area contributed by atoms with E-state index in [1.807, 2.05) is 25.1 Å². The predicted molar refractivity (Wildman–Crippen MR) is 85.1 cm³/mol. The van der Waals surface area contributed by atoms with Gasteiger partial charge in [0.05, 0.1) is 5.56 Å². The molecule has 0 aliphatic rings. The lowest BCUT2D eigenvalue weighted by Gasteiger charge is -2.08. The van der Waals surface area contributed by atoms with Crippen LogP contribution in [0, 0.1) is 12.7 Å². The van der Waals surface area contributed by atoms with Crippen molar-refractivity contribution in [3.63, 3.8) is 0 Å². The number of anilines is 1. The largest absolute Gasteiger partial charge is 0.360 e. The van der Waals surface area contributed by atoms with Gasteiger partial charge < -0.3 is 10.3 Å². The zero-order valence-electron chi connectivity index (χ0n) is 11.2. The summed E-state index contributed by atoms with van der Waals surface area (Å²) in [4.78, 5) is 15.3. The van der Waals surface area contributed by atoms with Crippen molar-refractivity contribution in [2.45, 2.75) is 6.92 Å². The summed E-state index contributed by atoms with van der Waals surface area (Å²) in [6.45, 7) is 1.91. The van der Waals surface area contributed by atoms with Crippen molar-refractivity contribution in [2.75, 3.05) is 5.32 Å². The van der Waals surface area contributed by atoms with Gasteiger partial charge in [-0.05, 0) is 48.9 Å². The van der Waals surface area contributed by atoms with Crippen LogP contribution in [0.1, 0.15) is 15.9 Å². The summed E-state index contributed by atoms with van der Waals surface area (Å²) in [5, 5.41) is 3.42. The molecule has 3 nitrogen and oxygen atoms in total. The fraction of sp³-hybridized carbons (Fsp3) is 0.0625. The van der Waals surface area contributed by atoms with Crippen LogP contribution in [0.15, 0.2) is 47.1 Å². The van der Waals surface area contributed by atoms with E-state index in [1.54, 1.807) is 12.3 Å². The molecule has 0 aliphatic heterocycles. The Bertz CT molecular complexity index is 841. The van der Waals surface area contributed by atoms with Crippen molar-refractivity contribution in [2.24, 2.45) is 0 Å². The summed E-state index contributed by atoms with van der Waals surface area (Å²) in [5.41, 5.74) is 2.83. The topological polar surface area (TPSA) is 44.9 Å². The third-order valence-corrected chi connectivity index (χ3v) is 3.82. The van der Waals surface area contributed by atoms with Gasteiger partial charge in [0.1, 0.15) is 5.82 Å². The molecule has 5 heteroatoms. The second kappa shape index (κ2) is 5.33. The number of benzene rings is 2. The predicted octanol–water partition coefficient (Wildman–Crippen LogP) is 4.63. The monoisotopic (exact) mass is 346 g/mol. The molecule has 1 heterocycles. The lowest BCUT2D eigenvalue weighted by atomic mass is 10.1. The van der Waals surface area contributed by atoms with E-state index in [1.165, 1.54) is 12.1 Å². The van der Waals surface area contributed by atoms with Crippen LogP contribution in [0.3, 0.4) is 0 Å². The second-order valence-electron chi connectivity index (χ2n) is 4.81. The Balaban J connectivity index is 1.95. The van der Waals surface area contributed by atoms with Gasteiger partial charge in [-0.25, -0.2) is 4.39 Å². The highest BCUT2D eigenvalue weighted by Gasteiger charge is 2.13. The molecule has 1 aromatic heterocycles. The van der Waals surface area contributed by atoms with Crippen molar-refractivity contribution in [3.05, 3.63) is 64.0 Å². The van der Waals surface area contributed by atoms with E-state index in [2.05, 4.69) is 26.2 Å². The summed E-state index contributed by atoms with van der Waals surface area (Å²) in [6.07, 6.45) is 1.59. The van der Waals surface area contributed by atoms with Gasteiger partial charge in [0.25, 0.3) is 5.91 Å². The van der Waals surface area contributed by atoms with Crippen LogP contribution < -0.4 is 5.32 Å². The number of rotatable bonds is 2. The molecule has 0 bridgehead atoms. The maximum atomic E-state index is 13.3. The fourth-order valence-electron chi connectivity index (χ4n) is 2.24. The number of hydrogen-bond acceptors (Lipinski definition) is 1. The van der Waals surface area contributed by atoms with Crippen molar-refractivity contribution >= 4 is 38.4 Å². The summed E-state index contributed by atoms with van der Waals surface area (Å²) < 4.78 is 14.3. The number of carbonyl (C=O) groups is 1. The first kappa shape index (κ1) is 13.8. The molecule has 0 saturated heterocycles. The summed E-state index contributed by atoms with van der Waals surface area (Å²) in [6, 6.07) is 9.94. The molecule has 21 heavy (non-hydrogen) atoms. The molecular formula is C16H12BrFN2O. The van der Waals surface area contributed by atoms with Gasteiger partial charge in [-0.2, -0.15) is 0 Å². The highest BCUT2D eigenvalue weighted by molar-refractivity contribution is 9.10. The molecule has 0 radical (unpaired) electrons. The smallest absolute Gasteiger partial charge is 0.257 e. The molecule has 0 fully saturated rings.